The zero-order chi connectivity index (χ0) is 18.2. The van der Waals surface area contributed by atoms with Gasteiger partial charge in [-0.25, -0.2) is 4.79 Å². The van der Waals surface area contributed by atoms with E-state index in [1.165, 1.54) is 11.1 Å². The van der Waals surface area contributed by atoms with Gasteiger partial charge in [0.25, 0.3) is 0 Å². The van der Waals surface area contributed by atoms with E-state index < -0.39 is 5.97 Å². The van der Waals surface area contributed by atoms with Crippen molar-refractivity contribution >= 4 is 5.97 Å². The molecule has 2 aromatic rings. The molecule has 3 heteroatoms. The van der Waals surface area contributed by atoms with E-state index in [0.29, 0.717) is 5.75 Å². The van der Waals surface area contributed by atoms with Gasteiger partial charge in [-0.15, -0.1) is 0 Å². The Morgan fingerprint density at radius 3 is 2.28 bits per heavy atom. The van der Waals surface area contributed by atoms with E-state index in [4.69, 9.17) is 9.47 Å². The standard InChI is InChI=1S/C22H22O3/c1-5-20-11-9-18(13-16(20)3)7-8-19-10-12-21(17(4)14-19)24-15-25-22(23)6-2/h6,9-14H,2,5,15H2,1,3-4H3. The monoisotopic (exact) mass is 334 g/mol. The van der Waals surface area contributed by atoms with Gasteiger partial charge >= 0.3 is 5.97 Å². The van der Waals surface area contributed by atoms with Crippen molar-refractivity contribution in [1.29, 1.82) is 0 Å². The Morgan fingerprint density at radius 1 is 1.08 bits per heavy atom. The summed E-state index contributed by atoms with van der Waals surface area (Å²) >= 11 is 0. The lowest BCUT2D eigenvalue weighted by atomic mass is 10.0. The smallest absolute Gasteiger partial charge is 0.333 e. The van der Waals surface area contributed by atoms with Crippen molar-refractivity contribution in [1.82, 2.24) is 0 Å². The van der Waals surface area contributed by atoms with Crippen LogP contribution in [0.2, 0.25) is 0 Å². The molecule has 3 nitrogen and oxygen atoms in total. The van der Waals surface area contributed by atoms with Gasteiger partial charge < -0.3 is 9.47 Å². The number of ether oxygens (including phenoxy) is 2. The highest BCUT2D eigenvalue weighted by molar-refractivity contribution is 5.81. The molecule has 0 aliphatic rings. The second-order valence-corrected chi connectivity index (χ2v) is 5.65. The summed E-state index contributed by atoms with van der Waals surface area (Å²) in [6, 6.07) is 12.0. The maximum atomic E-state index is 11.0. The van der Waals surface area contributed by atoms with Crippen molar-refractivity contribution in [3.05, 3.63) is 76.9 Å². The average molecular weight is 334 g/mol. The van der Waals surface area contributed by atoms with Crippen LogP contribution in [0, 0.1) is 25.7 Å². The third-order valence-corrected chi connectivity index (χ3v) is 3.83. The maximum absolute atomic E-state index is 11.0. The Morgan fingerprint density at radius 2 is 1.72 bits per heavy atom. The lowest BCUT2D eigenvalue weighted by Gasteiger charge is -2.08. The van der Waals surface area contributed by atoms with E-state index in [9.17, 15) is 4.79 Å². The number of carbonyl (C=O) groups is 1. The van der Waals surface area contributed by atoms with Crippen molar-refractivity contribution in [2.75, 3.05) is 6.79 Å². The van der Waals surface area contributed by atoms with Gasteiger partial charge in [0.15, 0.2) is 0 Å². The SMILES string of the molecule is C=CC(=O)OCOc1ccc(C#Cc2ccc(CC)c(C)c2)cc1C. The normalized spacial score (nSPS) is 9.72. The van der Waals surface area contributed by atoms with Crippen LogP contribution in [0.15, 0.2) is 49.1 Å². The number of hydrogen-bond donors (Lipinski definition) is 0. The molecule has 0 heterocycles. The molecular formula is C22H22O3. The molecule has 2 rings (SSSR count). The molecule has 0 aliphatic heterocycles. The minimum atomic E-state index is -0.510. The van der Waals surface area contributed by atoms with Crippen LogP contribution >= 0.6 is 0 Å². The molecule has 0 aliphatic carbocycles. The molecule has 0 saturated heterocycles. The molecule has 25 heavy (non-hydrogen) atoms. The van der Waals surface area contributed by atoms with Crippen LogP contribution in [0.25, 0.3) is 0 Å². The predicted octanol–water partition coefficient (Wildman–Crippen LogP) is 4.33. The molecule has 2 aromatic carbocycles. The Hall–Kier alpha value is -2.99. The molecular weight excluding hydrogens is 312 g/mol. The van der Waals surface area contributed by atoms with E-state index in [1.54, 1.807) is 0 Å². The van der Waals surface area contributed by atoms with Crippen molar-refractivity contribution in [2.24, 2.45) is 0 Å². The summed E-state index contributed by atoms with van der Waals surface area (Å²) in [5, 5.41) is 0. The molecule has 0 unspecified atom stereocenters. The summed E-state index contributed by atoms with van der Waals surface area (Å²) in [7, 11) is 0. The van der Waals surface area contributed by atoms with E-state index in [0.717, 1.165) is 29.2 Å². The summed E-state index contributed by atoms with van der Waals surface area (Å²) in [6.07, 6.45) is 2.13. The van der Waals surface area contributed by atoms with E-state index in [1.807, 2.05) is 25.1 Å². The summed E-state index contributed by atoms with van der Waals surface area (Å²) in [5.74, 6) is 6.52. The molecule has 0 bridgehead atoms. The van der Waals surface area contributed by atoms with Gasteiger partial charge in [-0.2, -0.15) is 0 Å². The second kappa shape index (κ2) is 8.75. The largest absolute Gasteiger partial charge is 0.457 e. The van der Waals surface area contributed by atoms with Crippen molar-refractivity contribution in [3.8, 4) is 17.6 Å². The Bertz CT molecular complexity index is 838. The Balaban J connectivity index is 2.07. The first-order valence-corrected chi connectivity index (χ1v) is 8.17. The van der Waals surface area contributed by atoms with Crippen molar-refractivity contribution in [2.45, 2.75) is 27.2 Å². The topological polar surface area (TPSA) is 35.5 Å². The first kappa shape index (κ1) is 18.4. The molecule has 0 N–H and O–H groups in total. The fraction of sp³-hybridized carbons (Fsp3) is 0.227. The zero-order valence-corrected chi connectivity index (χ0v) is 14.9. The lowest BCUT2D eigenvalue weighted by Crippen LogP contribution is -2.08. The van der Waals surface area contributed by atoms with Crippen LogP contribution in [-0.4, -0.2) is 12.8 Å². The van der Waals surface area contributed by atoms with Crippen molar-refractivity contribution < 1.29 is 14.3 Å². The summed E-state index contributed by atoms with van der Waals surface area (Å²) in [4.78, 5) is 11.0. The van der Waals surface area contributed by atoms with Gasteiger partial charge in [-0.1, -0.05) is 31.4 Å². The van der Waals surface area contributed by atoms with E-state index in [-0.39, 0.29) is 6.79 Å². The van der Waals surface area contributed by atoms with Crippen LogP contribution < -0.4 is 4.74 Å². The third kappa shape index (κ3) is 5.26. The van der Waals surface area contributed by atoms with Gasteiger partial charge in [0.1, 0.15) is 5.75 Å². The fourth-order valence-electron chi connectivity index (χ4n) is 2.41. The molecule has 0 saturated carbocycles. The van der Waals surface area contributed by atoms with Gasteiger partial charge in [0.05, 0.1) is 0 Å². The molecule has 0 fully saturated rings. The molecule has 0 radical (unpaired) electrons. The number of rotatable bonds is 5. The third-order valence-electron chi connectivity index (χ3n) is 3.83. The molecule has 128 valence electrons. The van der Waals surface area contributed by atoms with Gasteiger partial charge in [0, 0.05) is 17.2 Å². The Labute approximate surface area is 149 Å². The highest BCUT2D eigenvalue weighted by atomic mass is 16.7. The molecule has 0 amide bonds. The van der Waals surface area contributed by atoms with Gasteiger partial charge in [-0.3, -0.25) is 0 Å². The number of carbonyl (C=O) groups excluding carboxylic acids is 1. The van der Waals surface area contributed by atoms with Gasteiger partial charge in [-0.05, 0) is 67.3 Å². The Kier molecular flexibility index (Phi) is 6.42. The van der Waals surface area contributed by atoms with E-state index in [2.05, 4.69) is 50.5 Å². The quantitative estimate of drug-likeness (QED) is 0.353. The summed E-state index contributed by atoms with van der Waals surface area (Å²) < 4.78 is 10.2. The predicted molar refractivity (Wildman–Crippen MR) is 99.5 cm³/mol. The lowest BCUT2D eigenvalue weighted by molar-refractivity contribution is -0.144. The van der Waals surface area contributed by atoms with Crippen LogP contribution in [0.5, 0.6) is 5.75 Å². The maximum Gasteiger partial charge on any atom is 0.333 e. The number of aryl methyl sites for hydroxylation is 3. The summed E-state index contributed by atoms with van der Waals surface area (Å²) in [5.41, 5.74) is 5.46. The highest BCUT2D eigenvalue weighted by Crippen LogP contribution is 2.19. The molecule has 0 aromatic heterocycles. The zero-order valence-electron chi connectivity index (χ0n) is 14.9. The second-order valence-electron chi connectivity index (χ2n) is 5.65. The average Bonchev–Trinajstić information content (AvgIpc) is 2.61. The van der Waals surface area contributed by atoms with Crippen LogP contribution in [0.1, 0.15) is 34.7 Å². The van der Waals surface area contributed by atoms with E-state index >= 15 is 0 Å². The van der Waals surface area contributed by atoms with Crippen LogP contribution in [0.3, 0.4) is 0 Å². The number of benzene rings is 2. The fourth-order valence-corrected chi connectivity index (χ4v) is 2.41. The van der Waals surface area contributed by atoms with Crippen molar-refractivity contribution in [3.63, 3.8) is 0 Å². The van der Waals surface area contributed by atoms with Gasteiger partial charge in [0.2, 0.25) is 6.79 Å². The number of esters is 1. The minimum absolute atomic E-state index is 0.139. The first-order chi connectivity index (χ1) is 12.0. The molecule has 0 spiro atoms. The first-order valence-electron chi connectivity index (χ1n) is 8.17. The van der Waals surface area contributed by atoms with Crippen LogP contribution in [-0.2, 0) is 16.0 Å². The number of hydrogen-bond acceptors (Lipinski definition) is 3. The molecule has 0 atom stereocenters. The summed E-state index contributed by atoms with van der Waals surface area (Å²) in [6.45, 7) is 9.38. The van der Waals surface area contributed by atoms with Crippen LogP contribution in [0.4, 0.5) is 0 Å². The highest BCUT2D eigenvalue weighted by Gasteiger charge is 2.02. The minimum Gasteiger partial charge on any atom is -0.457 e.